The summed E-state index contributed by atoms with van der Waals surface area (Å²) < 4.78 is 0.849. The van der Waals surface area contributed by atoms with Gasteiger partial charge in [0.05, 0.1) is 5.56 Å². The van der Waals surface area contributed by atoms with Gasteiger partial charge in [0, 0.05) is 21.1 Å². The van der Waals surface area contributed by atoms with Crippen molar-refractivity contribution in [2.45, 2.75) is 6.92 Å². The number of aromatic nitrogens is 1. The number of fused-ring (bicyclic) bond motifs is 1. The first-order chi connectivity index (χ1) is 6.20. The Hall–Kier alpha value is -1.27. The Morgan fingerprint density at radius 2 is 2.15 bits per heavy atom. The van der Waals surface area contributed by atoms with Crippen LogP contribution in [0.4, 0.5) is 0 Å². The lowest BCUT2D eigenvalue weighted by Crippen LogP contribution is -1.77. The highest BCUT2D eigenvalue weighted by atomic mass is 79.9. The third-order valence-electron chi connectivity index (χ3n) is 1.96. The Morgan fingerprint density at radius 1 is 1.38 bits per heavy atom. The van der Waals surface area contributed by atoms with Crippen LogP contribution in [0.15, 0.2) is 22.7 Å². The summed E-state index contributed by atoms with van der Waals surface area (Å²) in [6, 6.07) is 8.00. The number of benzene rings is 1. The van der Waals surface area contributed by atoms with Gasteiger partial charge in [-0.05, 0) is 41.1 Å². The van der Waals surface area contributed by atoms with Crippen LogP contribution < -0.4 is 0 Å². The van der Waals surface area contributed by atoms with Crippen molar-refractivity contribution in [1.29, 1.82) is 5.26 Å². The molecule has 0 bridgehead atoms. The minimum atomic E-state index is 0.661. The molecule has 1 heterocycles. The van der Waals surface area contributed by atoms with E-state index in [0.717, 1.165) is 21.1 Å². The maximum atomic E-state index is 8.79. The lowest BCUT2D eigenvalue weighted by Gasteiger charge is -1.94. The Kier molecular flexibility index (Phi) is 1.86. The lowest BCUT2D eigenvalue weighted by molar-refractivity contribution is 1.30. The molecule has 0 unspecified atom stereocenters. The normalized spacial score (nSPS) is 10.2. The van der Waals surface area contributed by atoms with Crippen LogP contribution in [0.5, 0.6) is 0 Å². The van der Waals surface area contributed by atoms with Crippen molar-refractivity contribution in [3.63, 3.8) is 0 Å². The molecule has 64 valence electrons. The number of hydrogen-bond donors (Lipinski definition) is 1. The SMILES string of the molecule is Cc1cc2cc(Br)c(C#N)cc2[nH]1. The highest BCUT2D eigenvalue weighted by molar-refractivity contribution is 9.10. The van der Waals surface area contributed by atoms with Crippen LogP contribution >= 0.6 is 15.9 Å². The monoisotopic (exact) mass is 234 g/mol. The van der Waals surface area contributed by atoms with E-state index in [9.17, 15) is 0 Å². The molecule has 2 nitrogen and oxygen atoms in total. The van der Waals surface area contributed by atoms with Crippen LogP contribution in [0.25, 0.3) is 10.9 Å². The number of nitrogens with one attached hydrogen (secondary N) is 1. The van der Waals surface area contributed by atoms with Gasteiger partial charge in [0.15, 0.2) is 0 Å². The van der Waals surface area contributed by atoms with Crippen molar-refractivity contribution < 1.29 is 0 Å². The molecule has 1 N–H and O–H groups in total. The summed E-state index contributed by atoms with van der Waals surface area (Å²) in [6.45, 7) is 2.00. The van der Waals surface area contributed by atoms with E-state index in [-0.39, 0.29) is 0 Å². The fraction of sp³-hybridized carbons (Fsp3) is 0.100. The second kappa shape index (κ2) is 2.90. The van der Waals surface area contributed by atoms with Gasteiger partial charge in [-0.2, -0.15) is 5.26 Å². The number of nitriles is 1. The van der Waals surface area contributed by atoms with Crippen LogP contribution in [0, 0.1) is 18.3 Å². The van der Waals surface area contributed by atoms with Crippen molar-refractivity contribution in [2.75, 3.05) is 0 Å². The molecule has 2 rings (SSSR count). The second-order valence-electron chi connectivity index (χ2n) is 2.98. The Labute approximate surface area is 84.3 Å². The smallest absolute Gasteiger partial charge is 0.100 e. The molecule has 0 saturated carbocycles. The van der Waals surface area contributed by atoms with Crippen LogP contribution in [-0.4, -0.2) is 4.98 Å². The van der Waals surface area contributed by atoms with Gasteiger partial charge in [-0.1, -0.05) is 0 Å². The van der Waals surface area contributed by atoms with E-state index in [0.29, 0.717) is 5.56 Å². The van der Waals surface area contributed by atoms with Gasteiger partial charge < -0.3 is 4.98 Å². The Balaban J connectivity index is 2.82. The van der Waals surface area contributed by atoms with Gasteiger partial charge in [0.2, 0.25) is 0 Å². The van der Waals surface area contributed by atoms with Crippen LogP contribution in [0.2, 0.25) is 0 Å². The zero-order valence-corrected chi connectivity index (χ0v) is 8.64. The average Bonchev–Trinajstić information content (AvgIpc) is 2.42. The van der Waals surface area contributed by atoms with E-state index in [1.807, 2.05) is 19.1 Å². The molecule has 2 aromatic rings. The second-order valence-corrected chi connectivity index (χ2v) is 3.84. The number of rotatable bonds is 0. The van der Waals surface area contributed by atoms with Crippen molar-refractivity contribution in [3.05, 3.63) is 33.9 Å². The van der Waals surface area contributed by atoms with E-state index >= 15 is 0 Å². The van der Waals surface area contributed by atoms with Gasteiger partial charge >= 0.3 is 0 Å². The predicted octanol–water partition coefficient (Wildman–Crippen LogP) is 3.11. The number of aryl methyl sites for hydroxylation is 1. The van der Waals surface area contributed by atoms with Gasteiger partial charge in [0.1, 0.15) is 6.07 Å². The number of halogens is 1. The van der Waals surface area contributed by atoms with Crippen LogP contribution in [0.3, 0.4) is 0 Å². The first kappa shape index (κ1) is 8.33. The maximum Gasteiger partial charge on any atom is 0.100 e. The van der Waals surface area contributed by atoms with E-state index in [4.69, 9.17) is 5.26 Å². The molecule has 0 amide bonds. The van der Waals surface area contributed by atoms with Gasteiger partial charge in [-0.15, -0.1) is 0 Å². The molecule has 0 radical (unpaired) electrons. The molecule has 1 aromatic heterocycles. The zero-order valence-electron chi connectivity index (χ0n) is 7.06. The molecule has 1 aromatic carbocycles. The van der Waals surface area contributed by atoms with E-state index in [2.05, 4.69) is 33.0 Å². The molecule has 0 aliphatic heterocycles. The zero-order chi connectivity index (χ0) is 9.42. The third-order valence-corrected chi connectivity index (χ3v) is 2.62. The highest BCUT2D eigenvalue weighted by Gasteiger charge is 2.03. The topological polar surface area (TPSA) is 39.6 Å². The molecule has 13 heavy (non-hydrogen) atoms. The van der Waals surface area contributed by atoms with Crippen molar-refractivity contribution in [3.8, 4) is 6.07 Å². The van der Waals surface area contributed by atoms with Gasteiger partial charge in [-0.3, -0.25) is 0 Å². The molecular weight excluding hydrogens is 228 g/mol. The van der Waals surface area contributed by atoms with Crippen molar-refractivity contribution >= 4 is 26.8 Å². The predicted molar refractivity (Wildman–Crippen MR) is 55.5 cm³/mol. The Morgan fingerprint density at radius 3 is 2.85 bits per heavy atom. The van der Waals surface area contributed by atoms with Gasteiger partial charge in [0.25, 0.3) is 0 Å². The Bertz CT molecular complexity index is 505. The molecule has 0 aliphatic carbocycles. The van der Waals surface area contributed by atoms with E-state index < -0.39 is 0 Å². The summed E-state index contributed by atoms with van der Waals surface area (Å²) in [4.78, 5) is 3.19. The minimum Gasteiger partial charge on any atom is -0.359 e. The molecule has 0 saturated heterocycles. The number of aromatic amines is 1. The van der Waals surface area contributed by atoms with Crippen molar-refractivity contribution in [1.82, 2.24) is 4.98 Å². The quantitative estimate of drug-likeness (QED) is 0.748. The van der Waals surface area contributed by atoms with Crippen LogP contribution in [0.1, 0.15) is 11.3 Å². The summed E-state index contributed by atoms with van der Waals surface area (Å²) in [5.74, 6) is 0. The molecular formula is C10H7BrN2. The number of nitrogens with zero attached hydrogens (tertiary/aromatic N) is 1. The fourth-order valence-electron chi connectivity index (χ4n) is 1.38. The van der Waals surface area contributed by atoms with Gasteiger partial charge in [-0.25, -0.2) is 0 Å². The van der Waals surface area contributed by atoms with E-state index in [1.54, 1.807) is 0 Å². The molecule has 0 atom stereocenters. The standard InChI is InChI=1S/C10H7BrN2/c1-6-2-7-3-9(11)8(5-12)4-10(7)13-6/h2-4,13H,1H3. The first-order valence-corrected chi connectivity index (χ1v) is 4.69. The lowest BCUT2D eigenvalue weighted by atomic mass is 10.2. The van der Waals surface area contributed by atoms with E-state index in [1.165, 1.54) is 0 Å². The minimum absolute atomic E-state index is 0.661. The number of hydrogen-bond acceptors (Lipinski definition) is 1. The number of H-pyrrole nitrogens is 1. The largest absolute Gasteiger partial charge is 0.359 e. The third kappa shape index (κ3) is 1.34. The molecule has 0 spiro atoms. The summed E-state index contributed by atoms with van der Waals surface area (Å²) in [7, 11) is 0. The summed E-state index contributed by atoms with van der Waals surface area (Å²) in [5, 5.41) is 9.92. The molecule has 0 aliphatic rings. The highest BCUT2D eigenvalue weighted by Crippen LogP contribution is 2.24. The fourth-order valence-corrected chi connectivity index (χ4v) is 1.83. The first-order valence-electron chi connectivity index (χ1n) is 3.89. The maximum absolute atomic E-state index is 8.79. The average molecular weight is 235 g/mol. The molecule has 0 fully saturated rings. The van der Waals surface area contributed by atoms with Crippen LogP contribution in [-0.2, 0) is 0 Å². The molecule has 3 heteroatoms. The summed E-state index contributed by atoms with van der Waals surface area (Å²) in [5.41, 5.74) is 2.78. The van der Waals surface area contributed by atoms with Crippen molar-refractivity contribution in [2.24, 2.45) is 0 Å². The summed E-state index contributed by atoms with van der Waals surface area (Å²) >= 11 is 3.35. The summed E-state index contributed by atoms with van der Waals surface area (Å²) in [6.07, 6.45) is 0.